The zero-order valence-electron chi connectivity index (χ0n) is 11.3. The molecule has 0 bridgehead atoms. The highest BCUT2D eigenvalue weighted by Gasteiger charge is 2.18. The fraction of sp³-hybridized carbons (Fsp3) is 0.467. The van der Waals surface area contributed by atoms with Crippen LogP contribution in [0.3, 0.4) is 0 Å². The van der Waals surface area contributed by atoms with Crippen molar-refractivity contribution in [1.82, 2.24) is 4.98 Å². The zero-order valence-corrected chi connectivity index (χ0v) is 11.3. The van der Waals surface area contributed by atoms with Crippen molar-refractivity contribution in [2.75, 3.05) is 24.6 Å². The maximum atomic E-state index is 11.2. The molecule has 4 heteroatoms. The summed E-state index contributed by atoms with van der Waals surface area (Å²) in [5, 5.41) is 0. The number of aromatic nitrogens is 1. The molecule has 102 valence electrons. The molecule has 1 aliphatic rings. The van der Waals surface area contributed by atoms with Gasteiger partial charge in [0.05, 0.1) is 6.61 Å². The highest BCUT2D eigenvalue weighted by atomic mass is 16.5. The van der Waals surface area contributed by atoms with E-state index in [-0.39, 0.29) is 5.97 Å². The molecular weight excluding hydrogens is 240 g/mol. The van der Waals surface area contributed by atoms with Crippen molar-refractivity contribution in [3.63, 3.8) is 0 Å². The Morgan fingerprint density at radius 1 is 1.47 bits per heavy atom. The van der Waals surface area contributed by atoms with Gasteiger partial charge >= 0.3 is 5.97 Å². The maximum absolute atomic E-state index is 11.2. The van der Waals surface area contributed by atoms with Gasteiger partial charge in [-0.25, -0.2) is 9.78 Å². The van der Waals surface area contributed by atoms with Crippen molar-refractivity contribution in [3.05, 3.63) is 36.5 Å². The van der Waals surface area contributed by atoms with Gasteiger partial charge in [0.25, 0.3) is 0 Å². The van der Waals surface area contributed by atoms with Crippen LogP contribution in [0.5, 0.6) is 0 Å². The van der Waals surface area contributed by atoms with Crippen LogP contribution in [0.15, 0.2) is 36.5 Å². The zero-order chi connectivity index (χ0) is 13.5. The first-order chi connectivity index (χ1) is 9.29. The Labute approximate surface area is 114 Å². The van der Waals surface area contributed by atoms with Crippen molar-refractivity contribution in [1.29, 1.82) is 0 Å². The van der Waals surface area contributed by atoms with Gasteiger partial charge in [0.15, 0.2) is 0 Å². The van der Waals surface area contributed by atoms with Gasteiger partial charge in [0, 0.05) is 25.4 Å². The van der Waals surface area contributed by atoms with Crippen LogP contribution in [0, 0.1) is 5.92 Å². The molecule has 0 saturated carbocycles. The lowest BCUT2D eigenvalue weighted by Crippen LogP contribution is -2.33. The molecule has 1 aliphatic heterocycles. The monoisotopic (exact) mass is 260 g/mol. The van der Waals surface area contributed by atoms with Crippen LogP contribution in [0.1, 0.15) is 19.8 Å². The first-order valence-corrected chi connectivity index (χ1v) is 6.80. The van der Waals surface area contributed by atoms with Crippen molar-refractivity contribution in [2.45, 2.75) is 19.8 Å². The lowest BCUT2D eigenvalue weighted by atomic mass is 9.96. The number of rotatable bonds is 4. The summed E-state index contributed by atoms with van der Waals surface area (Å²) in [4.78, 5) is 17.9. The molecule has 0 atom stereocenters. The smallest absolute Gasteiger partial charge is 0.330 e. The molecule has 1 saturated heterocycles. The SMILES string of the molecule is CCOC(=O)/C=C/C1CCN(c2ccccn2)CC1. The van der Waals surface area contributed by atoms with E-state index in [1.807, 2.05) is 37.4 Å². The number of anilines is 1. The Hall–Kier alpha value is -1.84. The second-order valence-corrected chi connectivity index (χ2v) is 4.62. The molecule has 0 spiro atoms. The molecule has 19 heavy (non-hydrogen) atoms. The van der Waals surface area contributed by atoms with Crippen LogP contribution in [0.4, 0.5) is 5.82 Å². The molecule has 4 nitrogen and oxygen atoms in total. The van der Waals surface area contributed by atoms with Crippen molar-refractivity contribution in [2.24, 2.45) is 5.92 Å². The van der Waals surface area contributed by atoms with Crippen LogP contribution in [-0.4, -0.2) is 30.6 Å². The van der Waals surface area contributed by atoms with Crippen molar-refractivity contribution >= 4 is 11.8 Å². The summed E-state index contributed by atoms with van der Waals surface area (Å²) in [5.41, 5.74) is 0. The highest BCUT2D eigenvalue weighted by molar-refractivity contribution is 5.81. The van der Waals surface area contributed by atoms with Crippen LogP contribution in [0.2, 0.25) is 0 Å². The number of pyridine rings is 1. The number of piperidine rings is 1. The third-order valence-electron chi connectivity index (χ3n) is 3.30. The molecule has 2 rings (SSSR count). The summed E-state index contributed by atoms with van der Waals surface area (Å²) in [6.45, 7) is 4.21. The number of allylic oxidation sites excluding steroid dienone is 1. The van der Waals surface area contributed by atoms with E-state index < -0.39 is 0 Å². The van der Waals surface area contributed by atoms with Crippen molar-refractivity contribution in [3.8, 4) is 0 Å². The summed E-state index contributed by atoms with van der Waals surface area (Å²) in [7, 11) is 0. The quantitative estimate of drug-likeness (QED) is 0.616. The molecule has 1 aromatic heterocycles. The third kappa shape index (κ3) is 4.09. The average Bonchev–Trinajstić information content (AvgIpc) is 2.47. The summed E-state index contributed by atoms with van der Waals surface area (Å²) in [6.07, 6.45) is 7.46. The lowest BCUT2D eigenvalue weighted by Gasteiger charge is -2.31. The maximum Gasteiger partial charge on any atom is 0.330 e. The van der Waals surface area contributed by atoms with Crippen LogP contribution < -0.4 is 4.90 Å². The molecule has 0 N–H and O–H groups in total. The van der Waals surface area contributed by atoms with E-state index >= 15 is 0 Å². The van der Waals surface area contributed by atoms with E-state index in [0.717, 1.165) is 31.7 Å². The van der Waals surface area contributed by atoms with Gasteiger partial charge in [-0.3, -0.25) is 0 Å². The lowest BCUT2D eigenvalue weighted by molar-refractivity contribution is -0.137. The van der Waals surface area contributed by atoms with E-state index in [2.05, 4.69) is 9.88 Å². The first kappa shape index (κ1) is 13.6. The minimum Gasteiger partial charge on any atom is -0.463 e. The Bertz CT molecular complexity index is 423. The second-order valence-electron chi connectivity index (χ2n) is 4.62. The van der Waals surface area contributed by atoms with Gasteiger partial charge in [0.2, 0.25) is 0 Å². The van der Waals surface area contributed by atoms with E-state index in [9.17, 15) is 4.79 Å². The van der Waals surface area contributed by atoms with Gasteiger partial charge in [-0.05, 0) is 37.8 Å². The summed E-state index contributed by atoms with van der Waals surface area (Å²) >= 11 is 0. The number of esters is 1. The van der Waals surface area contributed by atoms with Crippen LogP contribution >= 0.6 is 0 Å². The van der Waals surface area contributed by atoms with Gasteiger partial charge in [-0.2, -0.15) is 0 Å². The summed E-state index contributed by atoms with van der Waals surface area (Å²) in [6, 6.07) is 5.97. The predicted molar refractivity (Wildman–Crippen MR) is 74.9 cm³/mol. The number of carbonyl (C=O) groups is 1. The van der Waals surface area contributed by atoms with Gasteiger partial charge in [0.1, 0.15) is 5.82 Å². The highest BCUT2D eigenvalue weighted by Crippen LogP contribution is 2.22. The molecule has 0 aromatic carbocycles. The number of hydrogen-bond donors (Lipinski definition) is 0. The third-order valence-corrected chi connectivity index (χ3v) is 3.30. The molecule has 0 aliphatic carbocycles. The Kier molecular flexibility index (Phi) is 4.95. The Balaban J connectivity index is 1.81. The van der Waals surface area contributed by atoms with Gasteiger partial charge < -0.3 is 9.64 Å². The summed E-state index contributed by atoms with van der Waals surface area (Å²) < 4.78 is 4.88. The molecule has 0 radical (unpaired) electrons. The van der Waals surface area contributed by atoms with Crippen LogP contribution in [0.25, 0.3) is 0 Å². The fourth-order valence-corrected chi connectivity index (χ4v) is 2.27. The normalized spacial score (nSPS) is 16.8. The first-order valence-electron chi connectivity index (χ1n) is 6.80. The molecule has 1 fully saturated rings. The molecule has 2 heterocycles. The number of ether oxygens (including phenoxy) is 1. The van der Waals surface area contributed by atoms with Gasteiger partial charge in [-0.1, -0.05) is 12.1 Å². The van der Waals surface area contributed by atoms with Crippen molar-refractivity contribution < 1.29 is 9.53 Å². The molecule has 1 aromatic rings. The average molecular weight is 260 g/mol. The van der Waals surface area contributed by atoms with E-state index in [1.165, 1.54) is 0 Å². The molecule has 0 unspecified atom stereocenters. The summed E-state index contributed by atoms with van der Waals surface area (Å²) in [5.74, 6) is 1.26. The Morgan fingerprint density at radius 3 is 2.89 bits per heavy atom. The van der Waals surface area contributed by atoms with E-state index in [4.69, 9.17) is 4.74 Å². The predicted octanol–water partition coefficient (Wildman–Crippen LogP) is 2.42. The largest absolute Gasteiger partial charge is 0.463 e. The molecule has 0 amide bonds. The minimum absolute atomic E-state index is 0.241. The second kappa shape index (κ2) is 6.92. The standard InChI is InChI=1S/C15H20N2O2/c1-2-19-15(18)7-6-13-8-11-17(12-9-13)14-5-3-4-10-16-14/h3-7,10,13H,2,8-9,11-12H2,1H3/b7-6+. The number of nitrogens with zero attached hydrogens (tertiary/aromatic N) is 2. The fourth-order valence-electron chi connectivity index (χ4n) is 2.27. The van der Waals surface area contributed by atoms with Crippen LogP contribution in [-0.2, 0) is 9.53 Å². The Morgan fingerprint density at radius 2 is 2.26 bits per heavy atom. The van der Waals surface area contributed by atoms with Gasteiger partial charge in [-0.15, -0.1) is 0 Å². The minimum atomic E-state index is -0.241. The van der Waals surface area contributed by atoms with E-state index in [0.29, 0.717) is 12.5 Å². The number of carbonyl (C=O) groups excluding carboxylic acids is 1. The topological polar surface area (TPSA) is 42.4 Å². The molecular formula is C15H20N2O2. The van der Waals surface area contributed by atoms with E-state index in [1.54, 1.807) is 6.08 Å². The number of hydrogen-bond acceptors (Lipinski definition) is 4.